The fraction of sp³-hybridized carbons (Fsp3) is 0.250. The van der Waals surface area contributed by atoms with Gasteiger partial charge in [-0.1, -0.05) is 6.07 Å². The SMILES string of the molecule is CNc1cccc(C(=O)NCc2scnc2C)n1. The Bertz CT molecular complexity index is 553. The van der Waals surface area contributed by atoms with E-state index in [-0.39, 0.29) is 5.91 Å². The number of aryl methyl sites for hydroxylation is 1. The molecule has 2 rings (SSSR count). The Hall–Kier alpha value is -1.95. The van der Waals surface area contributed by atoms with E-state index in [1.807, 2.05) is 13.0 Å². The lowest BCUT2D eigenvalue weighted by atomic mass is 10.3. The lowest BCUT2D eigenvalue weighted by Gasteiger charge is -2.05. The summed E-state index contributed by atoms with van der Waals surface area (Å²) in [6.45, 7) is 2.42. The Morgan fingerprint density at radius 2 is 2.28 bits per heavy atom. The van der Waals surface area contributed by atoms with Gasteiger partial charge in [0.2, 0.25) is 0 Å². The molecule has 0 aliphatic rings. The number of rotatable bonds is 4. The second-order valence-electron chi connectivity index (χ2n) is 3.70. The van der Waals surface area contributed by atoms with E-state index in [0.29, 0.717) is 18.1 Å². The third kappa shape index (κ3) is 2.84. The number of pyridine rings is 1. The van der Waals surface area contributed by atoms with Gasteiger partial charge < -0.3 is 10.6 Å². The standard InChI is InChI=1S/C12H14N4OS/c1-8-10(18-7-15-8)6-14-12(17)9-4-3-5-11(13-2)16-9/h3-5,7H,6H2,1-2H3,(H,13,16)(H,14,17). The average Bonchev–Trinajstić information content (AvgIpc) is 2.81. The van der Waals surface area contributed by atoms with Gasteiger partial charge in [0.05, 0.1) is 17.7 Å². The van der Waals surface area contributed by atoms with Crippen LogP contribution in [0.5, 0.6) is 0 Å². The minimum Gasteiger partial charge on any atom is -0.373 e. The van der Waals surface area contributed by atoms with Gasteiger partial charge in [-0.05, 0) is 19.1 Å². The third-order valence-corrected chi connectivity index (χ3v) is 3.43. The molecule has 2 N–H and O–H groups in total. The Morgan fingerprint density at radius 1 is 1.44 bits per heavy atom. The van der Waals surface area contributed by atoms with Gasteiger partial charge in [-0.2, -0.15) is 0 Å². The van der Waals surface area contributed by atoms with E-state index < -0.39 is 0 Å². The number of carbonyl (C=O) groups is 1. The van der Waals surface area contributed by atoms with Crippen LogP contribution in [0.25, 0.3) is 0 Å². The van der Waals surface area contributed by atoms with Crippen LogP contribution in [-0.4, -0.2) is 22.9 Å². The summed E-state index contributed by atoms with van der Waals surface area (Å²) in [5, 5.41) is 5.74. The number of nitrogens with zero attached hydrogens (tertiary/aromatic N) is 2. The molecule has 0 fully saturated rings. The van der Waals surface area contributed by atoms with E-state index in [4.69, 9.17) is 0 Å². The number of anilines is 1. The first-order valence-electron chi connectivity index (χ1n) is 5.52. The molecule has 0 aromatic carbocycles. The van der Waals surface area contributed by atoms with Crippen molar-refractivity contribution in [1.29, 1.82) is 0 Å². The number of amides is 1. The van der Waals surface area contributed by atoms with Crippen LogP contribution in [0.3, 0.4) is 0 Å². The molecule has 2 aromatic rings. The number of hydrogen-bond donors (Lipinski definition) is 2. The Kier molecular flexibility index (Phi) is 3.88. The molecule has 2 heterocycles. The highest BCUT2D eigenvalue weighted by Gasteiger charge is 2.09. The summed E-state index contributed by atoms with van der Waals surface area (Å²) < 4.78 is 0. The van der Waals surface area contributed by atoms with Crippen LogP contribution in [0.1, 0.15) is 21.1 Å². The molecule has 0 spiro atoms. The maximum absolute atomic E-state index is 11.9. The summed E-state index contributed by atoms with van der Waals surface area (Å²) >= 11 is 1.54. The first-order valence-corrected chi connectivity index (χ1v) is 6.40. The van der Waals surface area contributed by atoms with Gasteiger partial charge in [0.25, 0.3) is 5.91 Å². The fourth-order valence-electron chi connectivity index (χ4n) is 1.45. The van der Waals surface area contributed by atoms with Crippen LogP contribution < -0.4 is 10.6 Å². The molecule has 5 nitrogen and oxygen atoms in total. The smallest absolute Gasteiger partial charge is 0.270 e. The van der Waals surface area contributed by atoms with Gasteiger partial charge in [0, 0.05) is 11.9 Å². The van der Waals surface area contributed by atoms with E-state index in [1.54, 1.807) is 24.7 Å². The molecule has 6 heteroatoms. The zero-order valence-electron chi connectivity index (χ0n) is 10.2. The largest absolute Gasteiger partial charge is 0.373 e. The number of nitrogens with one attached hydrogen (secondary N) is 2. The van der Waals surface area contributed by atoms with Gasteiger partial charge in [-0.25, -0.2) is 9.97 Å². The number of hydrogen-bond acceptors (Lipinski definition) is 5. The maximum Gasteiger partial charge on any atom is 0.270 e. The molecule has 0 radical (unpaired) electrons. The Labute approximate surface area is 109 Å². The van der Waals surface area contributed by atoms with Gasteiger partial charge in [0.15, 0.2) is 0 Å². The predicted octanol–water partition coefficient (Wildman–Crippen LogP) is 1.82. The van der Waals surface area contributed by atoms with E-state index in [1.165, 1.54) is 11.3 Å². The van der Waals surface area contributed by atoms with E-state index in [0.717, 1.165) is 10.6 Å². The molecule has 2 aromatic heterocycles. The first-order chi connectivity index (χ1) is 8.70. The average molecular weight is 262 g/mol. The van der Waals surface area contributed by atoms with Crippen molar-refractivity contribution < 1.29 is 4.79 Å². The zero-order valence-corrected chi connectivity index (χ0v) is 11.0. The minimum absolute atomic E-state index is 0.181. The lowest BCUT2D eigenvalue weighted by Crippen LogP contribution is -2.23. The van der Waals surface area contributed by atoms with Crippen LogP contribution >= 0.6 is 11.3 Å². The summed E-state index contributed by atoms with van der Waals surface area (Å²) in [4.78, 5) is 21.3. The van der Waals surface area contributed by atoms with Gasteiger partial charge in [-0.15, -0.1) is 11.3 Å². The van der Waals surface area contributed by atoms with E-state index >= 15 is 0 Å². The highest BCUT2D eigenvalue weighted by molar-refractivity contribution is 7.09. The predicted molar refractivity (Wildman–Crippen MR) is 71.8 cm³/mol. The highest BCUT2D eigenvalue weighted by Crippen LogP contribution is 2.11. The third-order valence-electron chi connectivity index (χ3n) is 2.49. The van der Waals surface area contributed by atoms with E-state index in [9.17, 15) is 4.79 Å². The molecule has 0 saturated heterocycles. The van der Waals surface area contributed by atoms with Crippen LogP contribution in [0.15, 0.2) is 23.7 Å². The van der Waals surface area contributed by atoms with Crippen LogP contribution in [0.2, 0.25) is 0 Å². The molecule has 0 aliphatic carbocycles. The second-order valence-corrected chi connectivity index (χ2v) is 4.64. The molecule has 0 unspecified atom stereocenters. The summed E-state index contributed by atoms with van der Waals surface area (Å²) in [6, 6.07) is 5.30. The summed E-state index contributed by atoms with van der Waals surface area (Å²) in [5.74, 6) is 0.497. The molecule has 18 heavy (non-hydrogen) atoms. The lowest BCUT2D eigenvalue weighted by molar-refractivity contribution is 0.0946. The van der Waals surface area contributed by atoms with Crippen molar-refractivity contribution in [3.05, 3.63) is 40.0 Å². The molecule has 1 amide bonds. The first kappa shape index (κ1) is 12.5. The molecular formula is C12H14N4OS. The monoisotopic (exact) mass is 262 g/mol. The second kappa shape index (κ2) is 5.59. The van der Waals surface area contributed by atoms with Crippen molar-refractivity contribution in [1.82, 2.24) is 15.3 Å². The van der Waals surface area contributed by atoms with Crippen molar-refractivity contribution in [2.24, 2.45) is 0 Å². The summed E-state index contributed by atoms with van der Waals surface area (Å²) in [5.41, 5.74) is 3.14. The van der Waals surface area contributed by atoms with Crippen LogP contribution in [0.4, 0.5) is 5.82 Å². The molecule has 0 aliphatic heterocycles. The summed E-state index contributed by atoms with van der Waals surface area (Å²) in [7, 11) is 1.77. The van der Waals surface area contributed by atoms with Crippen LogP contribution in [-0.2, 0) is 6.54 Å². The van der Waals surface area contributed by atoms with Gasteiger partial charge >= 0.3 is 0 Å². The number of thiazole rings is 1. The van der Waals surface area contributed by atoms with Gasteiger partial charge in [-0.3, -0.25) is 4.79 Å². The van der Waals surface area contributed by atoms with Crippen molar-refractivity contribution in [3.63, 3.8) is 0 Å². The summed E-state index contributed by atoms with van der Waals surface area (Å²) in [6.07, 6.45) is 0. The van der Waals surface area contributed by atoms with Crippen molar-refractivity contribution in [2.75, 3.05) is 12.4 Å². The number of aromatic nitrogens is 2. The Balaban J connectivity index is 2.01. The molecular weight excluding hydrogens is 248 g/mol. The Morgan fingerprint density at radius 3 is 2.94 bits per heavy atom. The highest BCUT2D eigenvalue weighted by atomic mass is 32.1. The number of carbonyl (C=O) groups excluding carboxylic acids is 1. The molecule has 0 bridgehead atoms. The minimum atomic E-state index is -0.181. The quantitative estimate of drug-likeness (QED) is 0.882. The normalized spacial score (nSPS) is 10.1. The van der Waals surface area contributed by atoms with Crippen LogP contribution in [0, 0.1) is 6.92 Å². The van der Waals surface area contributed by atoms with Crippen molar-refractivity contribution in [2.45, 2.75) is 13.5 Å². The van der Waals surface area contributed by atoms with Crippen molar-refractivity contribution >= 4 is 23.1 Å². The molecule has 0 atom stereocenters. The topological polar surface area (TPSA) is 66.9 Å². The zero-order chi connectivity index (χ0) is 13.0. The van der Waals surface area contributed by atoms with Gasteiger partial charge in [0.1, 0.15) is 11.5 Å². The van der Waals surface area contributed by atoms with Crippen molar-refractivity contribution in [3.8, 4) is 0 Å². The maximum atomic E-state index is 11.9. The molecule has 0 saturated carbocycles. The van der Waals surface area contributed by atoms with E-state index in [2.05, 4.69) is 20.6 Å². The molecule has 94 valence electrons. The fourth-order valence-corrected chi connectivity index (χ4v) is 2.16.